The summed E-state index contributed by atoms with van der Waals surface area (Å²) in [7, 11) is 0. The molecule has 7 heteroatoms. The second kappa shape index (κ2) is 10.4. The summed E-state index contributed by atoms with van der Waals surface area (Å²) in [5.41, 5.74) is 9.68. The number of aryl methyl sites for hydroxylation is 1. The smallest absolute Gasteiger partial charge is 0.336 e. The Hall–Kier alpha value is -3.45. The molecule has 3 rings (SSSR count). The fourth-order valence-corrected chi connectivity index (χ4v) is 3.94. The Balaban J connectivity index is 1.71. The summed E-state index contributed by atoms with van der Waals surface area (Å²) in [4.78, 5) is 37.9. The number of hydrogen-bond acceptors (Lipinski definition) is 5. The number of nitrogens with two attached hydrogens (primary N) is 1. The van der Waals surface area contributed by atoms with Gasteiger partial charge >= 0.3 is 5.63 Å². The SMILES string of the molecule is CCN(CCC(=O)Nc1ccc(C(N)=O)cc1)Cc1cc(=O)oc2cc(C)c(C(C)C)cc12. The van der Waals surface area contributed by atoms with E-state index in [0.717, 1.165) is 23.1 Å². The number of carbonyl (C=O) groups is 2. The summed E-state index contributed by atoms with van der Waals surface area (Å²) in [5.74, 6) is -0.280. The second-order valence-electron chi connectivity index (χ2n) is 8.56. The first-order chi connectivity index (χ1) is 15.7. The van der Waals surface area contributed by atoms with Gasteiger partial charge in [-0.2, -0.15) is 0 Å². The van der Waals surface area contributed by atoms with Gasteiger partial charge in [0.1, 0.15) is 5.58 Å². The first kappa shape index (κ1) is 24.2. The van der Waals surface area contributed by atoms with E-state index >= 15 is 0 Å². The van der Waals surface area contributed by atoms with E-state index in [9.17, 15) is 14.4 Å². The highest BCUT2D eigenvalue weighted by Gasteiger charge is 2.14. The molecule has 0 fully saturated rings. The van der Waals surface area contributed by atoms with Crippen molar-refractivity contribution in [2.45, 2.75) is 46.6 Å². The average molecular weight is 450 g/mol. The number of anilines is 1. The van der Waals surface area contributed by atoms with E-state index in [4.69, 9.17) is 10.2 Å². The van der Waals surface area contributed by atoms with Crippen LogP contribution in [-0.2, 0) is 11.3 Å². The third kappa shape index (κ3) is 6.08. The maximum Gasteiger partial charge on any atom is 0.336 e. The number of nitrogens with zero attached hydrogens (tertiary/aromatic N) is 1. The number of hydrogen-bond donors (Lipinski definition) is 2. The Morgan fingerprint density at radius 2 is 1.82 bits per heavy atom. The average Bonchev–Trinajstić information content (AvgIpc) is 2.76. The molecule has 0 spiro atoms. The Labute approximate surface area is 193 Å². The largest absolute Gasteiger partial charge is 0.423 e. The zero-order chi connectivity index (χ0) is 24.1. The molecule has 0 aliphatic rings. The van der Waals surface area contributed by atoms with Crippen LogP contribution >= 0.6 is 0 Å². The number of carbonyl (C=O) groups excluding carboxylic acids is 2. The zero-order valence-corrected chi connectivity index (χ0v) is 19.6. The molecule has 0 atom stereocenters. The maximum absolute atomic E-state index is 12.4. The minimum absolute atomic E-state index is 0.129. The monoisotopic (exact) mass is 449 g/mol. The fourth-order valence-electron chi connectivity index (χ4n) is 3.94. The molecule has 0 saturated heterocycles. The quantitative estimate of drug-likeness (QED) is 0.477. The summed E-state index contributed by atoms with van der Waals surface area (Å²) < 4.78 is 5.45. The van der Waals surface area contributed by atoms with Crippen molar-refractivity contribution >= 4 is 28.5 Å². The van der Waals surface area contributed by atoms with Gasteiger partial charge in [-0.05, 0) is 72.5 Å². The van der Waals surface area contributed by atoms with Gasteiger partial charge in [0.25, 0.3) is 0 Å². The molecule has 1 heterocycles. The molecule has 0 aliphatic carbocycles. The molecule has 0 saturated carbocycles. The molecule has 0 unspecified atom stereocenters. The van der Waals surface area contributed by atoms with Gasteiger partial charge in [0.05, 0.1) is 0 Å². The van der Waals surface area contributed by atoms with Crippen molar-refractivity contribution < 1.29 is 14.0 Å². The maximum atomic E-state index is 12.4. The van der Waals surface area contributed by atoms with Gasteiger partial charge in [-0.15, -0.1) is 0 Å². The summed E-state index contributed by atoms with van der Waals surface area (Å²) in [6, 6.07) is 12.1. The lowest BCUT2D eigenvalue weighted by atomic mass is 9.95. The van der Waals surface area contributed by atoms with Crippen molar-refractivity contribution in [1.82, 2.24) is 4.90 Å². The molecule has 1 aromatic heterocycles. The van der Waals surface area contributed by atoms with Crippen LogP contribution in [0.5, 0.6) is 0 Å². The van der Waals surface area contributed by atoms with Crippen molar-refractivity contribution in [1.29, 1.82) is 0 Å². The summed E-state index contributed by atoms with van der Waals surface area (Å²) in [5, 5.41) is 3.77. The molecule has 2 amide bonds. The van der Waals surface area contributed by atoms with Crippen LogP contribution < -0.4 is 16.7 Å². The van der Waals surface area contributed by atoms with E-state index in [1.807, 2.05) is 19.9 Å². The third-order valence-corrected chi connectivity index (χ3v) is 5.79. The Kier molecular flexibility index (Phi) is 7.66. The van der Waals surface area contributed by atoms with Gasteiger partial charge in [-0.3, -0.25) is 14.5 Å². The van der Waals surface area contributed by atoms with E-state index in [0.29, 0.717) is 42.3 Å². The van der Waals surface area contributed by atoms with Crippen LogP contribution in [-0.4, -0.2) is 29.8 Å². The Bertz CT molecular complexity index is 1210. The van der Waals surface area contributed by atoms with Gasteiger partial charge in [0.15, 0.2) is 0 Å². The van der Waals surface area contributed by atoms with Gasteiger partial charge < -0.3 is 15.5 Å². The number of nitrogens with one attached hydrogen (secondary N) is 1. The van der Waals surface area contributed by atoms with Crippen molar-refractivity contribution in [2.24, 2.45) is 5.73 Å². The number of primary amides is 1. The van der Waals surface area contributed by atoms with Gasteiger partial charge in [-0.25, -0.2) is 4.79 Å². The summed E-state index contributed by atoms with van der Waals surface area (Å²) in [6.07, 6.45) is 0.293. The van der Waals surface area contributed by atoms with Crippen LogP contribution in [0.4, 0.5) is 5.69 Å². The van der Waals surface area contributed by atoms with Crippen LogP contribution in [0, 0.1) is 6.92 Å². The van der Waals surface area contributed by atoms with E-state index in [2.05, 4.69) is 30.1 Å². The van der Waals surface area contributed by atoms with Crippen LogP contribution in [0.2, 0.25) is 0 Å². The second-order valence-corrected chi connectivity index (χ2v) is 8.56. The minimum Gasteiger partial charge on any atom is -0.423 e. The van der Waals surface area contributed by atoms with Gasteiger partial charge in [0, 0.05) is 42.2 Å². The lowest BCUT2D eigenvalue weighted by Crippen LogP contribution is -2.28. The molecule has 33 heavy (non-hydrogen) atoms. The van der Waals surface area contributed by atoms with Crippen molar-refractivity contribution in [3.63, 3.8) is 0 Å². The topological polar surface area (TPSA) is 106 Å². The highest BCUT2D eigenvalue weighted by atomic mass is 16.4. The molecule has 0 aliphatic heterocycles. The fraction of sp³-hybridized carbons (Fsp3) is 0.346. The van der Waals surface area contributed by atoms with Crippen LogP contribution in [0.1, 0.15) is 60.2 Å². The first-order valence-electron chi connectivity index (χ1n) is 11.2. The van der Waals surface area contributed by atoms with E-state index in [1.165, 1.54) is 5.56 Å². The van der Waals surface area contributed by atoms with E-state index in [1.54, 1.807) is 30.3 Å². The molecule has 3 aromatic rings. The van der Waals surface area contributed by atoms with Crippen LogP contribution in [0.15, 0.2) is 51.7 Å². The minimum atomic E-state index is -0.510. The lowest BCUT2D eigenvalue weighted by Gasteiger charge is -2.21. The zero-order valence-electron chi connectivity index (χ0n) is 19.6. The van der Waals surface area contributed by atoms with Crippen molar-refractivity contribution in [3.05, 3.63) is 75.1 Å². The molecule has 7 nitrogen and oxygen atoms in total. The first-order valence-corrected chi connectivity index (χ1v) is 11.2. The van der Waals surface area contributed by atoms with Crippen molar-refractivity contribution in [3.8, 4) is 0 Å². The number of benzene rings is 2. The molecule has 0 radical (unpaired) electrons. The van der Waals surface area contributed by atoms with Crippen molar-refractivity contribution in [2.75, 3.05) is 18.4 Å². The van der Waals surface area contributed by atoms with Crippen LogP contribution in [0.3, 0.4) is 0 Å². The molecule has 174 valence electrons. The molecule has 3 N–H and O–H groups in total. The third-order valence-electron chi connectivity index (χ3n) is 5.79. The summed E-state index contributed by atoms with van der Waals surface area (Å²) >= 11 is 0. The predicted molar refractivity (Wildman–Crippen MR) is 130 cm³/mol. The molecule has 2 aromatic carbocycles. The normalized spacial score (nSPS) is 11.3. The van der Waals surface area contributed by atoms with Gasteiger partial charge in [0.2, 0.25) is 11.8 Å². The van der Waals surface area contributed by atoms with E-state index < -0.39 is 5.91 Å². The molecule has 0 bridgehead atoms. The van der Waals surface area contributed by atoms with E-state index in [-0.39, 0.29) is 11.5 Å². The Morgan fingerprint density at radius 3 is 2.42 bits per heavy atom. The number of fused-ring (bicyclic) bond motifs is 1. The Morgan fingerprint density at radius 1 is 1.12 bits per heavy atom. The highest BCUT2D eigenvalue weighted by molar-refractivity contribution is 5.94. The molecular formula is C26H31N3O4. The standard InChI is InChI=1S/C26H31N3O4/c1-5-29(11-10-24(30)28-20-8-6-18(7-9-20)26(27)32)15-19-13-25(31)33-23-12-17(4)21(16(2)3)14-22(19)23/h6-9,12-14,16H,5,10-11,15H2,1-4H3,(H2,27,32)(H,28,30). The van der Waals surface area contributed by atoms with Gasteiger partial charge in [-0.1, -0.05) is 20.8 Å². The van der Waals surface area contributed by atoms with Crippen LogP contribution in [0.25, 0.3) is 11.0 Å². The number of rotatable bonds is 9. The highest BCUT2D eigenvalue weighted by Crippen LogP contribution is 2.27. The molecular weight excluding hydrogens is 418 g/mol. The lowest BCUT2D eigenvalue weighted by molar-refractivity contribution is -0.116. The number of amides is 2. The predicted octanol–water partition coefficient (Wildman–Crippen LogP) is 4.17. The summed E-state index contributed by atoms with van der Waals surface area (Å²) in [6.45, 7) is 10.1.